The van der Waals surface area contributed by atoms with Crippen LogP contribution in [0.1, 0.15) is 24.8 Å². The van der Waals surface area contributed by atoms with Gasteiger partial charge in [0, 0.05) is 45.3 Å². The minimum atomic E-state index is 0.0530. The van der Waals surface area contributed by atoms with Gasteiger partial charge < -0.3 is 19.4 Å². The SMILES string of the molecule is O=C(COCc1ccccc1)N1CCN(c2cc(N3CCCCC3)ncn2)CC1. The monoisotopic (exact) mass is 395 g/mol. The van der Waals surface area contributed by atoms with Crippen molar-refractivity contribution in [3.63, 3.8) is 0 Å². The second-order valence-corrected chi connectivity index (χ2v) is 7.63. The molecule has 3 heterocycles. The third kappa shape index (κ3) is 5.23. The summed E-state index contributed by atoms with van der Waals surface area (Å²) in [7, 11) is 0. The predicted octanol–water partition coefficient (Wildman–Crippen LogP) is 2.33. The second-order valence-electron chi connectivity index (χ2n) is 7.63. The fourth-order valence-corrected chi connectivity index (χ4v) is 3.91. The van der Waals surface area contributed by atoms with E-state index < -0.39 is 0 Å². The maximum Gasteiger partial charge on any atom is 0.248 e. The van der Waals surface area contributed by atoms with Gasteiger partial charge in [-0.25, -0.2) is 9.97 Å². The molecule has 1 aromatic heterocycles. The largest absolute Gasteiger partial charge is 0.367 e. The molecular weight excluding hydrogens is 366 g/mol. The second kappa shape index (κ2) is 9.69. The Morgan fingerprint density at radius 2 is 1.52 bits per heavy atom. The van der Waals surface area contributed by atoms with Crippen molar-refractivity contribution in [3.8, 4) is 0 Å². The van der Waals surface area contributed by atoms with Gasteiger partial charge in [-0.05, 0) is 24.8 Å². The summed E-state index contributed by atoms with van der Waals surface area (Å²) in [5.41, 5.74) is 1.08. The zero-order valence-electron chi connectivity index (χ0n) is 16.9. The average molecular weight is 396 g/mol. The lowest BCUT2D eigenvalue weighted by Gasteiger charge is -2.36. The number of carbonyl (C=O) groups is 1. The molecule has 0 radical (unpaired) electrons. The van der Waals surface area contributed by atoms with Crippen LogP contribution in [-0.2, 0) is 16.1 Å². The summed E-state index contributed by atoms with van der Waals surface area (Å²) in [6.45, 7) is 5.67. The fourth-order valence-electron chi connectivity index (χ4n) is 3.91. The van der Waals surface area contributed by atoms with Gasteiger partial charge in [0.2, 0.25) is 5.91 Å². The Labute approximate surface area is 172 Å². The molecule has 4 rings (SSSR count). The standard InChI is InChI=1S/C22H29N5O2/c28-22(17-29-16-19-7-3-1-4-8-19)27-13-11-26(12-14-27)21-15-20(23-18-24-21)25-9-5-2-6-10-25/h1,3-4,7-8,15,18H,2,5-6,9-14,16-17H2. The van der Waals surface area contributed by atoms with Crippen molar-refractivity contribution in [1.82, 2.24) is 14.9 Å². The summed E-state index contributed by atoms with van der Waals surface area (Å²) in [6.07, 6.45) is 5.42. The molecule has 1 amide bonds. The number of carbonyl (C=O) groups excluding carboxylic acids is 1. The van der Waals surface area contributed by atoms with Gasteiger partial charge in [-0.1, -0.05) is 30.3 Å². The number of nitrogens with zero attached hydrogens (tertiary/aromatic N) is 5. The Hall–Kier alpha value is -2.67. The van der Waals surface area contributed by atoms with Crippen molar-refractivity contribution in [2.75, 3.05) is 55.7 Å². The number of hydrogen-bond donors (Lipinski definition) is 0. The smallest absolute Gasteiger partial charge is 0.248 e. The number of amides is 1. The number of benzene rings is 1. The first-order valence-corrected chi connectivity index (χ1v) is 10.5. The molecule has 29 heavy (non-hydrogen) atoms. The molecule has 2 saturated heterocycles. The van der Waals surface area contributed by atoms with Crippen LogP contribution < -0.4 is 9.80 Å². The molecule has 0 unspecified atom stereocenters. The Kier molecular flexibility index (Phi) is 6.56. The van der Waals surface area contributed by atoms with E-state index >= 15 is 0 Å². The number of aromatic nitrogens is 2. The molecule has 0 spiro atoms. The van der Waals surface area contributed by atoms with E-state index in [2.05, 4.69) is 25.8 Å². The summed E-state index contributed by atoms with van der Waals surface area (Å²) in [6, 6.07) is 12.0. The van der Waals surface area contributed by atoms with Gasteiger partial charge in [0.25, 0.3) is 0 Å². The van der Waals surface area contributed by atoms with Crippen LogP contribution in [0.15, 0.2) is 42.7 Å². The van der Waals surface area contributed by atoms with Gasteiger partial charge >= 0.3 is 0 Å². The molecule has 154 valence electrons. The molecule has 0 atom stereocenters. The van der Waals surface area contributed by atoms with Crippen LogP contribution in [0, 0.1) is 0 Å². The van der Waals surface area contributed by atoms with Gasteiger partial charge in [0.15, 0.2) is 0 Å². The topological polar surface area (TPSA) is 61.8 Å². The number of hydrogen-bond acceptors (Lipinski definition) is 6. The van der Waals surface area contributed by atoms with Crippen LogP contribution in [0.5, 0.6) is 0 Å². The molecule has 2 aromatic rings. The minimum absolute atomic E-state index is 0.0530. The number of anilines is 2. The maximum atomic E-state index is 12.4. The minimum Gasteiger partial charge on any atom is -0.367 e. The summed E-state index contributed by atoms with van der Waals surface area (Å²) in [4.78, 5) is 27.8. The third-order valence-corrected chi connectivity index (χ3v) is 5.61. The first-order valence-electron chi connectivity index (χ1n) is 10.5. The van der Waals surface area contributed by atoms with Crippen LogP contribution in [0.3, 0.4) is 0 Å². The van der Waals surface area contributed by atoms with E-state index in [9.17, 15) is 4.79 Å². The highest BCUT2D eigenvalue weighted by Crippen LogP contribution is 2.22. The number of piperazine rings is 1. The molecule has 7 heteroatoms. The molecule has 2 aliphatic rings. The lowest BCUT2D eigenvalue weighted by atomic mass is 10.1. The Balaban J connectivity index is 1.25. The first-order chi connectivity index (χ1) is 14.3. The Bertz CT molecular complexity index is 787. The van der Waals surface area contributed by atoms with Crippen molar-refractivity contribution >= 4 is 17.5 Å². The predicted molar refractivity (Wildman–Crippen MR) is 113 cm³/mol. The average Bonchev–Trinajstić information content (AvgIpc) is 2.80. The zero-order chi connectivity index (χ0) is 19.9. The molecule has 0 N–H and O–H groups in total. The van der Waals surface area contributed by atoms with Gasteiger partial charge in [-0.3, -0.25) is 4.79 Å². The Morgan fingerprint density at radius 1 is 0.862 bits per heavy atom. The van der Waals surface area contributed by atoms with Crippen LogP contribution in [0.4, 0.5) is 11.6 Å². The van der Waals surface area contributed by atoms with Gasteiger partial charge in [0.05, 0.1) is 6.61 Å². The highest BCUT2D eigenvalue weighted by atomic mass is 16.5. The summed E-state index contributed by atoms with van der Waals surface area (Å²) < 4.78 is 5.60. The molecule has 2 aliphatic heterocycles. The molecular formula is C22H29N5O2. The highest BCUT2D eigenvalue weighted by molar-refractivity contribution is 5.77. The number of rotatable bonds is 6. The van der Waals surface area contributed by atoms with E-state index in [1.165, 1.54) is 19.3 Å². The van der Waals surface area contributed by atoms with Gasteiger partial charge in [0.1, 0.15) is 24.6 Å². The highest BCUT2D eigenvalue weighted by Gasteiger charge is 2.23. The van der Waals surface area contributed by atoms with E-state index in [0.29, 0.717) is 19.7 Å². The van der Waals surface area contributed by atoms with E-state index in [0.717, 1.165) is 43.4 Å². The molecule has 0 saturated carbocycles. The molecule has 7 nitrogen and oxygen atoms in total. The molecule has 0 aliphatic carbocycles. The van der Waals surface area contributed by atoms with E-state index in [4.69, 9.17) is 4.74 Å². The lowest BCUT2D eigenvalue weighted by molar-refractivity contribution is -0.136. The van der Waals surface area contributed by atoms with Crippen LogP contribution in [-0.4, -0.2) is 66.7 Å². The summed E-state index contributed by atoms with van der Waals surface area (Å²) >= 11 is 0. The fraction of sp³-hybridized carbons (Fsp3) is 0.500. The maximum absolute atomic E-state index is 12.4. The van der Waals surface area contributed by atoms with Gasteiger partial charge in [-0.15, -0.1) is 0 Å². The number of ether oxygens (including phenoxy) is 1. The molecule has 2 fully saturated rings. The first kappa shape index (κ1) is 19.6. The third-order valence-electron chi connectivity index (χ3n) is 5.61. The van der Waals surface area contributed by atoms with Crippen molar-refractivity contribution < 1.29 is 9.53 Å². The van der Waals surface area contributed by atoms with Crippen molar-refractivity contribution in [2.24, 2.45) is 0 Å². The van der Waals surface area contributed by atoms with Crippen molar-refractivity contribution in [3.05, 3.63) is 48.3 Å². The zero-order valence-corrected chi connectivity index (χ0v) is 16.9. The number of piperidine rings is 1. The summed E-state index contributed by atoms with van der Waals surface area (Å²) in [5.74, 6) is 2.02. The van der Waals surface area contributed by atoms with Crippen molar-refractivity contribution in [2.45, 2.75) is 25.9 Å². The quantitative estimate of drug-likeness (QED) is 0.748. The summed E-state index contributed by atoms with van der Waals surface area (Å²) in [5, 5.41) is 0. The van der Waals surface area contributed by atoms with Gasteiger partial charge in [-0.2, -0.15) is 0 Å². The van der Waals surface area contributed by atoms with Crippen LogP contribution in [0.25, 0.3) is 0 Å². The van der Waals surface area contributed by atoms with Crippen LogP contribution in [0.2, 0.25) is 0 Å². The van der Waals surface area contributed by atoms with E-state index in [1.807, 2.05) is 35.2 Å². The Morgan fingerprint density at radius 3 is 2.21 bits per heavy atom. The van der Waals surface area contributed by atoms with E-state index in [1.54, 1.807) is 6.33 Å². The lowest BCUT2D eigenvalue weighted by Crippen LogP contribution is -2.50. The molecule has 1 aromatic carbocycles. The van der Waals surface area contributed by atoms with Crippen LogP contribution >= 0.6 is 0 Å². The van der Waals surface area contributed by atoms with Crippen molar-refractivity contribution in [1.29, 1.82) is 0 Å². The molecule has 0 bridgehead atoms. The normalized spacial score (nSPS) is 17.4. The van der Waals surface area contributed by atoms with E-state index in [-0.39, 0.29) is 12.5 Å².